The molecule has 0 fully saturated rings. The molecular formula is C16H25NO2. The van der Waals surface area contributed by atoms with Crippen molar-refractivity contribution in [2.75, 3.05) is 20.7 Å². The van der Waals surface area contributed by atoms with Crippen LogP contribution in [-0.2, 0) is 21.5 Å². The summed E-state index contributed by atoms with van der Waals surface area (Å²) < 4.78 is 4.64. The van der Waals surface area contributed by atoms with Gasteiger partial charge in [-0.05, 0) is 23.6 Å². The van der Waals surface area contributed by atoms with E-state index in [0.717, 1.165) is 6.54 Å². The van der Waals surface area contributed by atoms with Crippen LogP contribution in [0.2, 0.25) is 0 Å². The summed E-state index contributed by atoms with van der Waals surface area (Å²) in [7, 11) is 3.44. The largest absolute Gasteiger partial charge is 0.469 e. The quantitative estimate of drug-likeness (QED) is 0.765. The van der Waals surface area contributed by atoms with E-state index in [0.29, 0.717) is 13.0 Å². The molecule has 3 nitrogen and oxygen atoms in total. The molecule has 3 heteroatoms. The van der Waals surface area contributed by atoms with Gasteiger partial charge in [-0.1, -0.05) is 45.0 Å². The van der Waals surface area contributed by atoms with Crippen LogP contribution < -0.4 is 0 Å². The topological polar surface area (TPSA) is 29.5 Å². The van der Waals surface area contributed by atoms with Gasteiger partial charge in [-0.2, -0.15) is 0 Å². The Morgan fingerprint density at radius 1 is 1.21 bits per heavy atom. The van der Waals surface area contributed by atoms with Crippen molar-refractivity contribution >= 4 is 5.97 Å². The number of methoxy groups -OCH3 is 1. The van der Waals surface area contributed by atoms with Crippen LogP contribution in [0.3, 0.4) is 0 Å². The van der Waals surface area contributed by atoms with Gasteiger partial charge in [0, 0.05) is 13.1 Å². The fourth-order valence-corrected chi connectivity index (χ4v) is 1.89. The molecule has 0 bridgehead atoms. The van der Waals surface area contributed by atoms with E-state index in [1.165, 1.54) is 18.2 Å². The number of benzene rings is 1. The fraction of sp³-hybridized carbons (Fsp3) is 0.562. The Morgan fingerprint density at radius 2 is 1.79 bits per heavy atom. The van der Waals surface area contributed by atoms with Crippen LogP contribution in [0, 0.1) is 0 Å². The third-order valence-corrected chi connectivity index (χ3v) is 3.20. The van der Waals surface area contributed by atoms with Crippen LogP contribution >= 0.6 is 0 Å². The Morgan fingerprint density at radius 3 is 2.26 bits per heavy atom. The maximum absolute atomic E-state index is 11.1. The molecule has 0 atom stereocenters. The first kappa shape index (κ1) is 15.7. The van der Waals surface area contributed by atoms with Crippen molar-refractivity contribution in [2.24, 2.45) is 0 Å². The summed E-state index contributed by atoms with van der Waals surface area (Å²) in [5, 5.41) is 0. The normalized spacial score (nSPS) is 11.7. The average molecular weight is 263 g/mol. The molecule has 0 saturated heterocycles. The third kappa shape index (κ3) is 5.43. The maximum Gasteiger partial charge on any atom is 0.306 e. The second kappa shape index (κ2) is 6.71. The van der Waals surface area contributed by atoms with E-state index in [4.69, 9.17) is 0 Å². The van der Waals surface area contributed by atoms with Crippen LogP contribution in [-0.4, -0.2) is 31.6 Å². The minimum absolute atomic E-state index is 0.157. The zero-order valence-electron chi connectivity index (χ0n) is 12.7. The summed E-state index contributed by atoms with van der Waals surface area (Å²) in [6.07, 6.45) is 0.438. The van der Waals surface area contributed by atoms with Crippen LogP contribution in [0.15, 0.2) is 24.3 Å². The standard InChI is InChI=1S/C16H25NO2/c1-16(2,3)14-8-6-13(7-9-14)12-17(4)11-10-15(18)19-5/h6-9H,10-12H2,1-5H3. The molecule has 0 heterocycles. The molecule has 0 amide bonds. The molecule has 0 radical (unpaired) electrons. The van der Waals surface area contributed by atoms with Gasteiger partial charge in [-0.15, -0.1) is 0 Å². The Bertz CT molecular complexity index is 404. The van der Waals surface area contributed by atoms with E-state index >= 15 is 0 Å². The highest BCUT2D eigenvalue weighted by atomic mass is 16.5. The molecular weight excluding hydrogens is 238 g/mol. The van der Waals surface area contributed by atoms with E-state index < -0.39 is 0 Å². The number of carbonyl (C=O) groups is 1. The summed E-state index contributed by atoms with van der Waals surface area (Å²) in [5.41, 5.74) is 2.80. The van der Waals surface area contributed by atoms with E-state index in [1.54, 1.807) is 0 Å². The molecule has 0 aliphatic carbocycles. The highest BCUT2D eigenvalue weighted by Crippen LogP contribution is 2.22. The zero-order chi connectivity index (χ0) is 14.5. The van der Waals surface area contributed by atoms with Crippen molar-refractivity contribution in [3.05, 3.63) is 35.4 Å². The zero-order valence-corrected chi connectivity index (χ0v) is 12.7. The van der Waals surface area contributed by atoms with Gasteiger partial charge in [0.05, 0.1) is 13.5 Å². The maximum atomic E-state index is 11.1. The van der Waals surface area contributed by atoms with Crippen LogP contribution in [0.4, 0.5) is 0 Å². The highest BCUT2D eigenvalue weighted by molar-refractivity contribution is 5.69. The van der Waals surface area contributed by atoms with Gasteiger partial charge in [0.15, 0.2) is 0 Å². The average Bonchev–Trinajstić information content (AvgIpc) is 2.35. The molecule has 1 rings (SSSR count). The molecule has 0 spiro atoms. The molecule has 0 aliphatic rings. The predicted octanol–water partition coefficient (Wildman–Crippen LogP) is 2.98. The van der Waals surface area contributed by atoms with Crippen LogP contribution in [0.25, 0.3) is 0 Å². The summed E-state index contributed by atoms with van der Waals surface area (Å²) >= 11 is 0. The lowest BCUT2D eigenvalue weighted by Gasteiger charge is -2.20. The van der Waals surface area contributed by atoms with E-state index in [9.17, 15) is 4.79 Å². The van der Waals surface area contributed by atoms with Crippen LogP contribution in [0.5, 0.6) is 0 Å². The van der Waals surface area contributed by atoms with E-state index in [1.807, 2.05) is 7.05 Å². The first-order valence-corrected chi connectivity index (χ1v) is 6.67. The molecule has 1 aromatic carbocycles. The molecule has 0 unspecified atom stereocenters. The van der Waals surface area contributed by atoms with Crippen LogP contribution in [0.1, 0.15) is 38.3 Å². The van der Waals surface area contributed by atoms with Gasteiger partial charge < -0.3 is 9.64 Å². The predicted molar refractivity (Wildman–Crippen MR) is 78.1 cm³/mol. The third-order valence-electron chi connectivity index (χ3n) is 3.20. The number of esters is 1. The summed E-state index contributed by atoms with van der Waals surface area (Å²) in [6, 6.07) is 8.69. The Hall–Kier alpha value is -1.35. The summed E-state index contributed by atoms with van der Waals surface area (Å²) in [6.45, 7) is 8.20. The molecule has 0 N–H and O–H groups in total. The number of hydrogen-bond acceptors (Lipinski definition) is 3. The van der Waals surface area contributed by atoms with Crippen molar-refractivity contribution in [1.29, 1.82) is 0 Å². The molecule has 106 valence electrons. The van der Waals surface area contributed by atoms with E-state index in [2.05, 4.69) is 54.7 Å². The van der Waals surface area contributed by atoms with Gasteiger partial charge in [0.25, 0.3) is 0 Å². The second-order valence-electron chi connectivity index (χ2n) is 6.01. The number of rotatable bonds is 5. The Labute approximate surface area is 116 Å². The van der Waals surface area contributed by atoms with Gasteiger partial charge in [-0.3, -0.25) is 4.79 Å². The first-order valence-electron chi connectivity index (χ1n) is 6.67. The lowest BCUT2D eigenvalue weighted by Crippen LogP contribution is -2.22. The molecule has 19 heavy (non-hydrogen) atoms. The summed E-state index contributed by atoms with van der Waals surface area (Å²) in [5.74, 6) is -0.157. The molecule has 0 aromatic heterocycles. The second-order valence-corrected chi connectivity index (χ2v) is 6.01. The molecule has 0 saturated carbocycles. The monoisotopic (exact) mass is 263 g/mol. The summed E-state index contributed by atoms with van der Waals surface area (Å²) in [4.78, 5) is 13.2. The molecule has 0 aliphatic heterocycles. The number of hydrogen-bond donors (Lipinski definition) is 0. The number of nitrogens with zero attached hydrogens (tertiary/aromatic N) is 1. The van der Waals surface area contributed by atoms with E-state index in [-0.39, 0.29) is 11.4 Å². The molecule has 1 aromatic rings. The fourth-order valence-electron chi connectivity index (χ4n) is 1.89. The highest BCUT2D eigenvalue weighted by Gasteiger charge is 2.13. The van der Waals surface area contributed by atoms with Crippen molar-refractivity contribution in [2.45, 2.75) is 39.2 Å². The van der Waals surface area contributed by atoms with Crippen molar-refractivity contribution in [1.82, 2.24) is 4.90 Å². The lowest BCUT2D eigenvalue weighted by molar-refractivity contribution is -0.140. The smallest absolute Gasteiger partial charge is 0.306 e. The first-order chi connectivity index (χ1) is 8.82. The van der Waals surface area contributed by atoms with Crippen molar-refractivity contribution in [3.63, 3.8) is 0 Å². The van der Waals surface area contributed by atoms with Gasteiger partial charge in [0.2, 0.25) is 0 Å². The number of carbonyl (C=O) groups excluding carboxylic acids is 1. The lowest BCUT2D eigenvalue weighted by atomic mass is 9.87. The number of ether oxygens (including phenoxy) is 1. The minimum atomic E-state index is -0.157. The Kier molecular flexibility index (Phi) is 5.55. The van der Waals surface area contributed by atoms with Gasteiger partial charge in [0.1, 0.15) is 0 Å². The van der Waals surface area contributed by atoms with Gasteiger partial charge >= 0.3 is 5.97 Å². The SMILES string of the molecule is COC(=O)CCN(C)Cc1ccc(C(C)(C)C)cc1. The Balaban J connectivity index is 2.51. The van der Waals surface area contributed by atoms with Crippen molar-refractivity contribution in [3.8, 4) is 0 Å². The van der Waals surface area contributed by atoms with Crippen molar-refractivity contribution < 1.29 is 9.53 Å². The van der Waals surface area contributed by atoms with Gasteiger partial charge in [-0.25, -0.2) is 0 Å². The minimum Gasteiger partial charge on any atom is -0.469 e.